The summed E-state index contributed by atoms with van der Waals surface area (Å²) < 4.78 is 24.7. The molecule has 0 atom stereocenters. The Morgan fingerprint density at radius 1 is 1.14 bits per heavy atom. The van der Waals surface area contributed by atoms with Gasteiger partial charge in [0.15, 0.2) is 9.84 Å². The molecular weight excluding hydrogens is 300 g/mol. The minimum atomic E-state index is -3.47. The number of sulfone groups is 1. The maximum absolute atomic E-state index is 12.4. The third-order valence-electron chi connectivity index (χ3n) is 3.24. The van der Waals surface area contributed by atoms with Crippen molar-refractivity contribution in [1.29, 1.82) is 0 Å². The lowest BCUT2D eigenvalue weighted by Crippen LogP contribution is -2.19. The maximum atomic E-state index is 12.4. The van der Waals surface area contributed by atoms with E-state index in [2.05, 4.69) is 10.3 Å². The zero-order valence-corrected chi connectivity index (χ0v) is 13.5. The Labute approximate surface area is 130 Å². The Balaban J connectivity index is 2.35. The van der Waals surface area contributed by atoms with Crippen LogP contribution in [0.2, 0.25) is 0 Å². The molecule has 2 aromatic rings. The van der Waals surface area contributed by atoms with Crippen LogP contribution in [-0.4, -0.2) is 24.6 Å². The number of carbonyl (C=O) groups excluding carboxylic acids is 1. The van der Waals surface area contributed by atoms with E-state index in [0.29, 0.717) is 5.56 Å². The van der Waals surface area contributed by atoms with Crippen molar-refractivity contribution in [2.75, 3.05) is 5.32 Å². The second-order valence-electron chi connectivity index (χ2n) is 5.23. The molecule has 22 heavy (non-hydrogen) atoms. The Bertz CT molecular complexity index is 781. The van der Waals surface area contributed by atoms with Crippen molar-refractivity contribution in [3.05, 3.63) is 53.9 Å². The number of nitrogens with zero attached hydrogens (tertiary/aromatic N) is 1. The number of amides is 1. The van der Waals surface area contributed by atoms with Gasteiger partial charge < -0.3 is 5.32 Å². The molecule has 0 bridgehead atoms. The SMILES string of the molecule is Cc1ccc(C(=O)Nc2ccccc2S(=O)(=O)C(C)C)cn1. The number of hydrogen-bond donors (Lipinski definition) is 1. The molecule has 0 fully saturated rings. The number of para-hydroxylation sites is 1. The van der Waals surface area contributed by atoms with E-state index in [0.717, 1.165) is 5.69 Å². The Morgan fingerprint density at radius 2 is 1.82 bits per heavy atom. The van der Waals surface area contributed by atoms with Crippen molar-refractivity contribution < 1.29 is 13.2 Å². The summed E-state index contributed by atoms with van der Waals surface area (Å²) >= 11 is 0. The molecule has 0 aliphatic heterocycles. The standard InChI is InChI=1S/C16H18N2O3S/c1-11(2)22(20,21)15-7-5-4-6-14(15)18-16(19)13-9-8-12(3)17-10-13/h4-11H,1-3H3,(H,18,19). The average Bonchev–Trinajstić information content (AvgIpc) is 2.48. The van der Waals surface area contributed by atoms with E-state index >= 15 is 0 Å². The molecule has 0 spiro atoms. The predicted octanol–water partition coefficient (Wildman–Crippen LogP) is 2.82. The average molecular weight is 318 g/mol. The summed E-state index contributed by atoms with van der Waals surface area (Å²) in [6.07, 6.45) is 1.46. The molecule has 6 heteroatoms. The number of aromatic nitrogens is 1. The second kappa shape index (κ2) is 6.27. The molecule has 0 saturated heterocycles. The highest BCUT2D eigenvalue weighted by Gasteiger charge is 2.23. The highest BCUT2D eigenvalue weighted by Crippen LogP contribution is 2.25. The van der Waals surface area contributed by atoms with Crippen molar-refractivity contribution >= 4 is 21.4 Å². The van der Waals surface area contributed by atoms with E-state index in [-0.39, 0.29) is 16.5 Å². The summed E-state index contributed by atoms with van der Waals surface area (Å²) in [4.78, 5) is 16.4. The fraction of sp³-hybridized carbons (Fsp3) is 0.250. The zero-order chi connectivity index (χ0) is 16.3. The van der Waals surface area contributed by atoms with Crippen LogP contribution in [0, 0.1) is 6.92 Å². The highest BCUT2D eigenvalue weighted by molar-refractivity contribution is 7.92. The first-order valence-corrected chi connectivity index (χ1v) is 8.44. The van der Waals surface area contributed by atoms with Crippen molar-refractivity contribution in [2.24, 2.45) is 0 Å². The van der Waals surface area contributed by atoms with Crippen molar-refractivity contribution in [2.45, 2.75) is 30.9 Å². The van der Waals surface area contributed by atoms with Crippen LogP contribution in [-0.2, 0) is 9.84 Å². The first kappa shape index (κ1) is 16.2. The molecule has 0 radical (unpaired) electrons. The summed E-state index contributed by atoms with van der Waals surface area (Å²) in [6.45, 7) is 5.04. The van der Waals surface area contributed by atoms with Crippen LogP contribution >= 0.6 is 0 Å². The van der Waals surface area contributed by atoms with E-state index in [1.165, 1.54) is 12.3 Å². The molecule has 0 unspecified atom stereocenters. The Morgan fingerprint density at radius 3 is 2.41 bits per heavy atom. The summed E-state index contributed by atoms with van der Waals surface area (Å²) in [5, 5.41) is 2.09. The van der Waals surface area contributed by atoms with Crippen LogP contribution in [0.25, 0.3) is 0 Å². The van der Waals surface area contributed by atoms with Gasteiger partial charge in [-0.25, -0.2) is 8.42 Å². The summed E-state index contributed by atoms with van der Waals surface area (Å²) in [5.74, 6) is -0.390. The van der Waals surface area contributed by atoms with Gasteiger partial charge in [0.05, 0.1) is 21.4 Å². The smallest absolute Gasteiger partial charge is 0.257 e. The minimum Gasteiger partial charge on any atom is -0.321 e. The molecule has 0 saturated carbocycles. The molecule has 1 N–H and O–H groups in total. The van der Waals surface area contributed by atoms with Crippen molar-refractivity contribution in [1.82, 2.24) is 4.98 Å². The molecule has 1 aromatic carbocycles. The lowest BCUT2D eigenvalue weighted by molar-refractivity contribution is 0.102. The van der Waals surface area contributed by atoms with Gasteiger partial charge in [-0.3, -0.25) is 9.78 Å². The Kier molecular flexibility index (Phi) is 4.61. The maximum Gasteiger partial charge on any atom is 0.257 e. The van der Waals surface area contributed by atoms with Gasteiger partial charge in [0, 0.05) is 11.9 Å². The number of nitrogens with one attached hydrogen (secondary N) is 1. The normalized spacial score (nSPS) is 11.5. The molecular formula is C16H18N2O3S. The number of aryl methyl sites for hydroxylation is 1. The topological polar surface area (TPSA) is 76.1 Å². The summed E-state index contributed by atoms with van der Waals surface area (Å²) in [5.41, 5.74) is 1.46. The molecule has 0 aliphatic rings. The van der Waals surface area contributed by atoms with E-state index in [9.17, 15) is 13.2 Å². The largest absolute Gasteiger partial charge is 0.321 e. The van der Waals surface area contributed by atoms with Crippen molar-refractivity contribution in [3.8, 4) is 0 Å². The van der Waals surface area contributed by atoms with Crippen molar-refractivity contribution in [3.63, 3.8) is 0 Å². The van der Waals surface area contributed by atoms with Gasteiger partial charge in [-0.2, -0.15) is 0 Å². The number of benzene rings is 1. The quantitative estimate of drug-likeness (QED) is 0.940. The lowest BCUT2D eigenvalue weighted by Gasteiger charge is -2.13. The molecule has 5 nitrogen and oxygen atoms in total. The van der Waals surface area contributed by atoms with Crippen LogP contribution in [0.4, 0.5) is 5.69 Å². The molecule has 2 rings (SSSR count). The van der Waals surface area contributed by atoms with Crippen LogP contribution in [0.1, 0.15) is 29.9 Å². The first-order chi connectivity index (χ1) is 10.3. The van der Waals surface area contributed by atoms with Gasteiger partial charge in [-0.15, -0.1) is 0 Å². The van der Waals surface area contributed by atoms with Gasteiger partial charge in [0.1, 0.15) is 0 Å². The predicted molar refractivity (Wildman–Crippen MR) is 85.7 cm³/mol. The lowest BCUT2D eigenvalue weighted by atomic mass is 10.2. The van der Waals surface area contributed by atoms with Crippen LogP contribution in [0.15, 0.2) is 47.5 Å². The van der Waals surface area contributed by atoms with Gasteiger partial charge in [-0.1, -0.05) is 12.1 Å². The highest BCUT2D eigenvalue weighted by atomic mass is 32.2. The van der Waals surface area contributed by atoms with E-state index in [4.69, 9.17) is 0 Å². The number of pyridine rings is 1. The fourth-order valence-electron chi connectivity index (χ4n) is 1.87. The third kappa shape index (κ3) is 3.33. The fourth-order valence-corrected chi connectivity index (χ4v) is 3.07. The van der Waals surface area contributed by atoms with Gasteiger partial charge in [0.2, 0.25) is 0 Å². The summed E-state index contributed by atoms with van der Waals surface area (Å²) in [7, 11) is -3.47. The van der Waals surface area contributed by atoms with Crippen LogP contribution < -0.4 is 5.32 Å². The third-order valence-corrected chi connectivity index (χ3v) is 5.45. The Hall–Kier alpha value is -2.21. The molecule has 1 heterocycles. The molecule has 1 amide bonds. The van der Waals surface area contributed by atoms with Gasteiger partial charge in [0.25, 0.3) is 5.91 Å². The molecule has 1 aromatic heterocycles. The zero-order valence-electron chi connectivity index (χ0n) is 12.7. The minimum absolute atomic E-state index is 0.124. The van der Waals surface area contributed by atoms with E-state index in [1.807, 2.05) is 6.92 Å². The van der Waals surface area contributed by atoms with Gasteiger partial charge in [-0.05, 0) is 45.0 Å². The van der Waals surface area contributed by atoms with E-state index in [1.54, 1.807) is 44.2 Å². The number of carbonyl (C=O) groups is 1. The summed E-state index contributed by atoms with van der Waals surface area (Å²) in [6, 6.07) is 9.77. The molecule has 0 aliphatic carbocycles. The van der Waals surface area contributed by atoms with Gasteiger partial charge >= 0.3 is 0 Å². The van der Waals surface area contributed by atoms with Crippen LogP contribution in [0.3, 0.4) is 0 Å². The number of hydrogen-bond acceptors (Lipinski definition) is 4. The first-order valence-electron chi connectivity index (χ1n) is 6.89. The number of rotatable bonds is 4. The molecule has 116 valence electrons. The monoisotopic (exact) mass is 318 g/mol. The van der Waals surface area contributed by atoms with E-state index < -0.39 is 15.1 Å². The second-order valence-corrected chi connectivity index (χ2v) is 7.70. The van der Waals surface area contributed by atoms with Crippen LogP contribution in [0.5, 0.6) is 0 Å². The number of anilines is 1.